The molecule has 1 aliphatic heterocycles. The van der Waals surface area contributed by atoms with Crippen molar-refractivity contribution in [2.24, 2.45) is 0 Å². The fourth-order valence-corrected chi connectivity index (χ4v) is 2.55. The summed E-state index contributed by atoms with van der Waals surface area (Å²) < 4.78 is 48.5. The summed E-state index contributed by atoms with van der Waals surface area (Å²) in [7, 11) is 0. The molecule has 2 rings (SSSR count). The van der Waals surface area contributed by atoms with Gasteiger partial charge in [-0.15, -0.1) is 0 Å². The predicted molar refractivity (Wildman–Crippen MR) is 84.8 cm³/mol. The van der Waals surface area contributed by atoms with E-state index in [0.29, 0.717) is 0 Å². The Bertz CT molecular complexity index is 666. The lowest BCUT2D eigenvalue weighted by molar-refractivity contribution is -0.142. The molecule has 0 spiro atoms. The van der Waals surface area contributed by atoms with E-state index in [1.54, 1.807) is 20.8 Å². The Morgan fingerprint density at radius 1 is 1.15 bits per heavy atom. The lowest BCUT2D eigenvalue weighted by Crippen LogP contribution is -2.43. The third kappa shape index (κ3) is 5.03. The van der Waals surface area contributed by atoms with Crippen LogP contribution in [0.5, 0.6) is 5.75 Å². The molecule has 0 aliphatic carbocycles. The number of rotatable bonds is 3. The normalized spacial score (nSPS) is 20.8. The van der Waals surface area contributed by atoms with Crippen LogP contribution < -0.4 is 4.74 Å². The number of halogens is 3. The summed E-state index contributed by atoms with van der Waals surface area (Å²) in [6.07, 6.45) is -5.88. The van der Waals surface area contributed by atoms with Crippen LogP contribution in [0.4, 0.5) is 18.0 Å². The molecule has 1 amide bonds. The summed E-state index contributed by atoms with van der Waals surface area (Å²) in [6, 6.07) is 2.96. The Balaban J connectivity index is 2.07. The number of benzene rings is 1. The first-order chi connectivity index (χ1) is 11.9. The molecule has 1 aromatic rings. The number of ether oxygens (including phenoxy) is 2. The first-order valence-electron chi connectivity index (χ1n) is 7.93. The molecule has 6 nitrogen and oxygen atoms in total. The fraction of sp³-hybridized carbons (Fsp3) is 0.529. The summed E-state index contributed by atoms with van der Waals surface area (Å²) in [6.45, 7) is 4.94. The zero-order valence-electron chi connectivity index (χ0n) is 14.5. The van der Waals surface area contributed by atoms with E-state index in [4.69, 9.17) is 9.47 Å². The fourth-order valence-electron chi connectivity index (χ4n) is 2.55. The van der Waals surface area contributed by atoms with Gasteiger partial charge in [-0.25, -0.2) is 9.59 Å². The maximum atomic E-state index is 12.6. The molecule has 2 atom stereocenters. The Labute approximate surface area is 148 Å². The largest absolute Gasteiger partial charge is 0.488 e. The van der Waals surface area contributed by atoms with Crippen LogP contribution in [0.15, 0.2) is 24.3 Å². The molecule has 144 valence electrons. The minimum absolute atomic E-state index is 0.00952. The van der Waals surface area contributed by atoms with Gasteiger partial charge in [0, 0.05) is 6.42 Å². The van der Waals surface area contributed by atoms with Crippen molar-refractivity contribution in [3.63, 3.8) is 0 Å². The molecule has 1 fully saturated rings. The molecule has 1 aromatic carbocycles. The van der Waals surface area contributed by atoms with Crippen molar-refractivity contribution in [2.75, 3.05) is 6.54 Å². The zero-order chi connectivity index (χ0) is 19.7. The van der Waals surface area contributed by atoms with Gasteiger partial charge in [0.05, 0.1) is 12.1 Å². The van der Waals surface area contributed by atoms with Gasteiger partial charge in [0.15, 0.2) is 0 Å². The Kier molecular flexibility index (Phi) is 5.39. The molecule has 0 aromatic heterocycles. The van der Waals surface area contributed by atoms with Crippen molar-refractivity contribution in [1.29, 1.82) is 0 Å². The number of likely N-dealkylation sites (tertiary alicyclic amines) is 1. The van der Waals surface area contributed by atoms with Crippen molar-refractivity contribution < 1.29 is 37.3 Å². The number of hydrogen-bond donors (Lipinski definition) is 1. The summed E-state index contributed by atoms with van der Waals surface area (Å²) in [4.78, 5) is 24.7. The average molecular weight is 375 g/mol. The topological polar surface area (TPSA) is 76.1 Å². The van der Waals surface area contributed by atoms with E-state index in [0.717, 1.165) is 29.2 Å². The second-order valence-corrected chi connectivity index (χ2v) is 6.98. The lowest BCUT2D eigenvalue weighted by Gasteiger charge is -2.26. The first-order valence-corrected chi connectivity index (χ1v) is 7.93. The van der Waals surface area contributed by atoms with Crippen LogP contribution in [0.25, 0.3) is 0 Å². The second kappa shape index (κ2) is 7.05. The summed E-state index contributed by atoms with van der Waals surface area (Å²) >= 11 is 0. The van der Waals surface area contributed by atoms with Crippen LogP contribution >= 0.6 is 0 Å². The minimum atomic E-state index is -4.45. The average Bonchev–Trinajstić information content (AvgIpc) is 2.89. The van der Waals surface area contributed by atoms with Gasteiger partial charge in [0.1, 0.15) is 23.5 Å². The molecule has 0 saturated carbocycles. The van der Waals surface area contributed by atoms with Gasteiger partial charge in [-0.1, -0.05) is 0 Å². The van der Waals surface area contributed by atoms with Crippen LogP contribution in [0, 0.1) is 0 Å². The van der Waals surface area contributed by atoms with Crippen molar-refractivity contribution in [3.05, 3.63) is 29.8 Å². The van der Waals surface area contributed by atoms with Crippen LogP contribution in [0.1, 0.15) is 32.8 Å². The molecule has 1 saturated heterocycles. The van der Waals surface area contributed by atoms with Crippen LogP contribution in [-0.4, -0.2) is 46.4 Å². The minimum Gasteiger partial charge on any atom is -0.488 e. The van der Waals surface area contributed by atoms with E-state index in [-0.39, 0.29) is 18.7 Å². The van der Waals surface area contributed by atoms with E-state index < -0.39 is 41.5 Å². The van der Waals surface area contributed by atoms with Crippen molar-refractivity contribution in [1.82, 2.24) is 4.90 Å². The van der Waals surface area contributed by atoms with E-state index in [1.165, 1.54) is 0 Å². The smallest absolute Gasteiger partial charge is 0.416 e. The molecule has 0 bridgehead atoms. The number of alkyl halides is 3. The standard InChI is InChI=1S/C17H20F3NO5/c1-16(2,3)26-15(24)21-9-12(8-13(21)14(22)23)25-11-6-4-10(5-7-11)17(18,19)20/h4-7,12-13H,8-9H2,1-3H3,(H,22,23)/t12-,13-/m0/s1. The molecule has 1 aliphatic rings. The lowest BCUT2D eigenvalue weighted by atomic mass is 10.2. The van der Waals surface area contributed by atoms with E-state index in [1.807, 2.05) is 0 Å². The molecule has 9 heteroatoms. The molecular formula is C17H20F3NO5. The maximum Gasteiger partial charge on any atom is 0.416 e. The van der Waals surface area contributed by atoms with Crippen LogP contribution in [0.3, 0.4) is 0 Å². The number of aliphatic carboxylic acids is 1. The molecule has 1 N–H and O–H groups in total. The van der Waals surface area contributed by atoms with Crippen molar-refractivity contribution in [2.45, 2.75) is 51.1 Å². The highest BCUT2D eigenvalue weighted by molar-refractivity contribution is 5.81. The number of carbonyl (C=O) groups excluding carboxylic acids is 1. The van der Waals surface area contributed by atoms with E-state index in [2.05, 4.69) is 0 Å². The maximum absolute atomic E-state index is 12.6. The first kappa shape index (κ1) is 19.9. The number of carboxylic acid groups (broad SMARTS) is 1. The SMILES string of the molecule is CC(C)(C)OC(=O)N1C[C@@H](Oc2ccc(C(F)(F)F)cc2)C[C@H]1C(=O)O. The van der Waals surface area contributed by atoms with Crippen molar-refractivity contribution in [3.8, 4) is 5.75 Å². The molecule has 0 radical (unpaired) electrons. The highest BCUT2D eigenvalue weighted by atomic mass is 19.4. The number of amides is 1. The van der Waals surface area contributed by atoms with E-state index in [9.17, 15) is 27.9 Å². The summed E-state index contributed by atoms with van der Waals surface area (Å²) in [5.74, 6) is -1.03. The molecule has 1 heterocycles. The third-order valence-electron chi connectivity index (χ3n) is 3.66. The van der Waals surface area contributed by atoms with Gasteiger partial charge in [-0.05, 0) is 45.0 Å². The van der Waals surface area contributed by atoms with Gasteiger partial charge in [-0.2, -0.15) is 13.2 Å². The van der Waals surface area contributed by atoms with Crippen LogP contribution in [0.2, 0.25) is 0 Å². The Morgan fingerprint density at radius 2 is 1.73 bits per heavy atom. The van der Waals surface area contributed by atoms with E-state index >= 15 is 0 Å². The second-order valence-electron chi connectivity index (χ2n) is 6.98. The highest BCUT2D eigenvalue weighted by Crippen LogP contribution is 2.31. The quantitative estimate of drug-likeness (QED) is 0.874. The Hall–Kier alpha value is -2.45. The molecular weight excluding hydrogens is 355 g/mol. The van der Waals surface area contributed by atoms with Gasteiger partial charge < -0.3 is 14.6 Å². The number of carbonyl (C=O) groups is 2. The van der Waals surface area contributed by atoms with Crippen LogP contribution in [-0.2, 0) is 15.7 Å². The monoisotopic (exact) mass is 375 g/mol. The number of carboxylic acids is 1. The van der Waals surface area contributed by atoms with Gasteiger partial charge in [-0.3, -0.25) is 4.90 Å². The summed E-state index contributed by atoms with van der Waals surface area (Å²) in [5, 5.41) is 9.31. The Morgan fingerprint density at radius 3 is 2.19 bits per heavy atom. The molecule has 26 heavy (non-hydrogen) atoms. The van der Waals surface area contributed by atoms with Crippen molar-refractivity contribution >= 4 is 12.1 Å². The number of hydrogen-bond acceptors (Lipinski definition) is 4. The zero-order valence-corrected chi connectivity index (χ0v) is 14.5. The predicted octanol–water partition coefficient (Wildman–Crippen LogP) is 3.55. The summed E-state index contributed by atoms with van der Waals surface area (Å²) in [5.41, 5.74) is -1.60. The third-order valence-corrected chi connectivity index (χ3v) is 3.66. The van der Waals surface area contributed by atoms with Gasteiger partial charge in [0.25, 0.3) is 0 Å². The highest BCUT2D eigenvalue weighted by Gasteiger charge is 2.42. The van der Waals surface area contributed by atoms with Gasteiger partial charge >= 0.3 is 18.2 Å². The number of nitrogens with zero attached hydrogens (tertiary/aromatic N) is 1. The van der Waals surface area contributed by atoms with Gasteiger partial charge in [0.2, 0.25) is 0 Å². The molecule has 0 unspecified atom stereocenters.